The zero-order valence-corrected chi connectivity index (χ0v) is 15.7. The Balaban J connectivity index is 1.64. The minimum atomic E-state index is -1.72. The van der Waals surface area contributed by atoms with Gasteiger partial charge in [0.25, 0.3) is 5.91 Å². The maximum Gasteiger partial charge on any atom is 0.321 e. The summed E-state index contributed by atoms with van der Waals surface area (Å²) in [6.07, 6.45) is 1.60. The minimum absolute atomic E-state index is 0.105. The Kier molecular flexibility index (Phi) is 5.93. The fourth-order valence-electron chi connectivity index (χ4n) is 3.50. The molecule has 1 aliphatic heterocycles. The first-order valence-electron chi connectivity index (χ1n) is 9.11. The molecule has 1 saturated carbocycles. The molecule has 1 aliphatic carbocycles. The van der Waals surface area contributed by atoms with E-state index in [1.54, 1.807) is 6.92 Å². The van der Waals surface area contributed by atoms with Gasteiger partial charge in [0.1, 0.15) is 11.6 Å². The van der Waals surface area contributed by atoms with Gasteiger partial charge >= 0.3 is 11.8 Å². The summed E-state index contributed by atoms with van der Waals surface area (Å²) >= 11 is 0. The van der Waals surface area contributed by atoms with Crippen molar-refractivity contribution in [3.05, 3.63) is 35.4 Å². The van der Waals surface area contributed by atoms with Crippen LogP contribution >= 0.6 is 0 Å². The van der Waals surface area contributed by atoms with Gasteiger partial charge < -0.3 is 19.6 Å². The molecule has 1 unspecified atom stereocenters. The van der Waals surface area contributed by atoms with E-state index in [1.165, 1.54) is 7.11 Å². The Morgan fingerprint density at radius 3 is 2.64 bits per heavy atom. The number of halogens is 2. The van der Waals surface area contributed by atoms with Crippen molar-refractivity contribution in [2.45, 2.75) is 44.4 Å². The van der Waals surface area contributed by atoms with Crippen molar-refractivity contribution in [2.24, 2.45) is 11.1 Å². The smallest absolute Gasteiger partial charge is 0.321 e. The number of esters is 1. The molecule has 0 radical (unpaired) electrons. The third-order valence-corrected chi connectivity index (χ3v) is 4.96. The van der Waals surface area contributed by atoms with Gasteiger partial charge in [-0.2, -0.15) is 0 Å². The molecule has 0 bridgehead atoms. The largest absolute Gasteiger partial charge is 0.466 e. The molecule has 3 rings (SSSR count). The predicted molar refractivity (Wildman–Crippen MR) is 94.2 cm³/mol. The molecule has 1 aromatic carbocycles. The topological polar surface area (TPSA) is 86.2 Å². The number of hydrogen-bond acceptors (Lipinski definition) is 6. The second-order valence-electron chi connectivity index (χ2n) is 6.85. The van der Waals surface area contributed by atoms with Crippen molar-refractivity contribution < 1.29 is 32.7 Å². The Hall–Kier alpha value is -2.55. The van der Waals surface area contributed by atoms with Crippen LogP contribution in [0.4, 0.5) is 8.78 Å². The van der Waals surface area contributed by atoms with E-state index in [4.69, 9.17) is 14.3 Å². The number of nitrogens with one attached hydrogen (secondary N) is 1. The van der Waals surface area contributed by atoms with Gasteiger partial charge in [0.2, 0.25) is 0 Å². The van der Waals surface area contributed by atoms with Crippen LogP contribution in [0, 0.1) is 17.6 Å². The molecule has 28 heavy (non-hydrogen) atoms. The van der Waals surface area contributed by atoms with Gasteiger partial charge in [-0.3, -0.25) is 9.59 Å². The molecule has 152 valence electrons. The summed E-state index contributed by atoms with van der Waals surface area (Å²) < 4.78 is 37.2. The number of oxime groups is 1. The Morgan fingerprint density at radius 1 is 1.29 bits per heavy atom. The highest BCUT2D eigenvalue weighted by Gasteiger charge is 2.48. The van der Waals surface area contributed by atoms with E-state index in [9.17, 15) is 18.4 Å². The van der Waals surface area contributed by atoms with Crippen LogP contribution in [0.3, 0.4) is 0 Å². The lowest BCUT2D eigenvalue weighted by molar-refractivity contribution is -0.209. The van der Waals surface area contributed by atoms with E-state index in [1.807, 2.05) is 0 Å². The first kappa shape index (κ1) is 20.2. The van der Waals surface area contributed by atoms with Gasteiger partial charge in [-0.15, -0.1) is 0 Å². The van der Waals surface area contributed by atoms with Gasteiger partial charge in [-0.1, -0.05) is 5.16 Å². The molecule has 2 aliphatic rings. The standard InChI is InChI=1S/C19H22F2N2O5/c1-3-27-17(24)11-4-5-15(8-11)22-18(25)19(26-2)10-16(23-28-19)12-6-13(20)9-14(21)7-12/h6-7,9,11,15H,3-5,8,10H2,1-2H3,(H,22,25)/t11-,15+,19?/m1/s1. The molecule has 1 heterocycles. The predicted octanol–water partition coefficient (Wildman–Crippen LogP) is 2.28. The average molecular weight is 396 g/mol. The first-order valence-corrected chi connectivity index (χ1v) is 9.11. The van der Waals surface area contributed by atoms with Crippen molar-refractivity contribution in [3.63, 3.8) is 0 Å². The number of hydrogen-bond donors (Lipinski definition) is 1. The summed E-state index contributed by atoms with van der Waals surface area (Å²) in [6, 6.07) is 2.73. The van der Waals surface area contributed by atoms with Crippen LogP contribution in [-0.2, 0) is 23.9 Å². The van der Waals surface area contributed by atoms with Crippen LogP contribution in [-0.4, -0.2) is 43.1 Å². The molecule has 1 fully saturated rings. The maximum absolute atomic E-state index is 13.5. The summed E-state index contributed by atoms with van der Waals surface area (Å²) in [4.78, 5) is 29.9. The molecule has 3 atom stereocenters. The lowest BCUT2D eigenvalue weighted by atomic mass is 10.0. The second kappa shape index (κ2) is 8.22. The van der Waals surface area contributed by atoms with Gasteiger partial charge in [-0.25, -0.2) is 8.78 Å². The third kappa shape index (κ3) is 4.14. The van der Waals surface area contributed by atoms with Crippen molar-refractivity contribution in [1.82, 2.24) is 5.32 Å². The average Bonchev–Trinajstić information content (AvgIpc) is 3.29. The quantitative estimate of drug-likeness (QED) is 0.746. The molecular formula is C19H22F2N2O5. The van der Waals surface area contributed by atoms with Gasteiger partial charge in [0, 0.05) is 24.8 Å². The van der Waals surface area contributed by atoms with E-state index in [2.05, 4.69) is 10.5 Å². The van der Waals surface area contributed by atoms with Gasteiger partial charge in [0.15, 0.2) is 0 Å². The molecule has 1 amide bonds. The molecule has 0 spiro atoms. The number of amides is 1. The van der Waals surface area contributed by atoms with E-state index in [0.29, 0.717) is 25.9 Å². The van der Waals surface area contributed by atoms with Crippen LogP contribution < -0.4 is 5.32 Å². The fourth-order valence-corrected chi connectivity index (χ4v) is 3.50. The number of ether oxygens (including phenoxy) is 2. The summed E-state index contributed by atoms with van der Waals surface area (Å²) in [5.41, 5.74) is 0.374. The summed E-state index contributed by atoms with van der Waals surface area (Å²) in [5, 5.41) is 6.62. The Bertz CT molecular complexity index is 780. The number of carbonyl (C=O) groups excluding carboxylic acids is 2. The van der Waals surface area contributed by atoms with Crippen LogP contribution in [0.5, 0.6) is 0 Å². The molecule has 9 heteroatoms. The zero-order chi connectivity index (χ0) is 20.3. The normalized spacial score (nSPS) is 26.5. The molecule has 0 aromatic heterocycles. The molecular weight excluding hydrogens is 374 g/mol. The highest BCUT2D eigenvalue weighted by molar-refractivity contribution is 6.05. The van der Waals surface area contributed by atoms with E-state index >= 15 is 0 Å². The SMILES string of the molecule is CCOC(=O)[C@@H]1CC[C@H](NC(=O)C2(OC)CC(c3cc(F)cc(F)c3)=NO2)C1. The van der Waals surface area contributed by atoms with Crippen molar-refractivity contribution >= 4 is 17.6 Å². The molecule has 0 saturated heterocycles. The highest BCUT2D eigenvalue weighted by Crippen LogP contribution is 2.31. The number of rotatable bonds is 6. The van der Waals surface area contributed by atoms with Crippen LogP contribution in [0.1, 0.15) is 38.2 Å². The number of carbonyl (C=O) groups is 2. The fraction of sp³-hybridized carbons (Fsp3) is 0.526. The van der Waals surface area contributed by atoms with Crippen LogP contribution in [0.25, 0.3) is 0 Å². The van der Waals surface area contributed by atoms with Gasteiger partial charge in [0.05, 0.1) is 24.7 Å². The highest BCUT2D eigenvalue weighted by atomic mass is 19.1. The zero-order valence-electron chi connectivity index (χ0n) is 15.7. The third-order valence-electron chi connectivity index (χ3n) is 4.96. The lowest BCUT2D eigenvalue weighted by Crippen LogP contribution is -2.51. The molecule has 1 N–H and O–H groups in total. The van der Waals surface area contributed by atoms with Crippen molar-refractivity contribution in [1.29, 1.82) is 0 Å². The summed E-state index contributed by atoms with van der Waals surface area (Å²) in [6.45, 7) is 2.06. The monoisotopic (exact) mass is 396 g/mol. The van der Waals surface area contributed by atoms with Crippen molar-refractivity contribution in [3.8, 4) is 0 Å². The Morgan fingerprint density at radius 2 is 2.00 bits per heavy atom. The first-order chi connectivity index (χ1) is 13.4. The number of nitrogens with zero attached hydrogens (tertiary/aromatic N) is 1. The second-order valence-corrected chi connectivity index (χ2v) is 6.85. The Labute approximate surface area is 161 Å². The summed E-state index contributed by atoms with van der Waals surface area (Å²) in [5.74, 6) is -4.31. The lowest BCUT2D eigenvalue weighted by Gasteiger charge is -2.25. The van der Waals surface area contributed by atoms with E-state index in [0.717, 1.165) is 18.2 Å². The molecule has 7 nitrogen and oxygen atoms in total. The van der Waals surface area contributed by atoms with Crippen molar-refractivity contribution in [2.75, 3.05) is 13.7 Å². The number of benzene rings is 1. The van der Waals surface area contributed by atoms with Crippen LogP contribution in [0.15, 0.2) is 23.4 Å². The maximum atomic E-state index is 13.5. The summed E-state index contributed by atoms with van der Waals surface area (Å²) in [7, 11) is 1.29. The molecule has 1 aromatic rings. The van der Waals surface area contributed by atoms with Crippen LogP contribution in [0.2, 0.25) is 0 Å². The van der Waals surface area contributed by atoms with E-state index < -0.39 is 23.3 Å². The number of methoxy groups -OCH3 is 1. The minimum Gasteiger partial charge on any atom is -0.466 e. The van der Waals surface area contributed by atoms with Gasteiger partial charge in [-0.05, 0) is 38.3 Å². The van der Waals surface area contributed by atoms with E-state index in [-0.39, 0.29) is 35.6 Å².